The molecule has 1 aromatic carbocycles. The monoisotopic (exact) mass is 292 g/mol. The lowest BCUT2D eigenvalue weighted by molar-refractivity contribution is -0.136. The number of aryl methyl sites for hydroxylation is 1. The Morgan fingerprint density at radius 3 is 2.35 bits per heavy atom. The van der Waals surface area contributed by atoms with Crippen molar-refractivity contribution in [3.8, 4) is 0 Å². The van der Waals surface area contributed by atoms with E-state index in [0.29, 0.717) is 16.8 Å². The SMILES string of the molecule is Cc1ccc(NC(=O)C(=O)NNC(=S)NC2CC2)cc1. The Balaban J connectivity index is 1.74. The molecule has 1 aromatic rings. The smallest absolute Gasteiger partial charge is 0.328 e. The number of anilines is 1. The van der Waals surface area contributed by atoms with Gasteiger partial charge in [0.25, 0.3) is 0 Å². The van der Waals surface area contributed by atoms with Crippen LogP contribution in [0.4, 0.5) is 5.69 Å². The van der Waals surface area contributed by atoms with E-state index in [1.165, 1.54) is 0 Å². The average molecular weight is 292 g/mol. The average Bonchev–Trinajstić information content (AvgIpc) is 3.22. The van der Waals surface area contributed by atoms with Gasteiger partial charge in [0.1, 0.15) is 0 Å². The van der Waals surface area contributed by atoms with Gasteiger partial charge in [-0.25, -0.2) is 0 Å². The van der Waals surface area contributed by atoms with Crippen molar-refractivity contribution in [1.82, 2.24) is 16.2 Å². The Morgan fingerprint density at radius 1 is 1.10 bits per heavy atom. The predicted molar refractivity (Wildman–Crippen MR) is 79.8 cm³/mol. The summed E-state index contributed by atoms with van der Waals surface area (Å²) in [5, 5.41) is 5.78. The molecule has 0 saturated heterocycles. The van der Waals surface area contributed by atoms with Crippen LogP contribution in [0.15, 0.2) is 24.3 Å². The van der Waals surface area contributed by atoms with Crippen molar-refractivity contribution >= 4 is 34.8 Å². The second kappa shape index (κ2) is 6.33. The molecule has 7 heteroatoms. The van der Waals surface area contributed by atoms with Gasteiger partial charge >= 0.3 is 11.8 Å². The zero-order chi connectivity index (χ0) is 14.5. The van der Waals surface area contributed by atoms with E-state index in [1.54, 1.807) is 12.1 Å². The van der Waals surface area contributed by atoms with E-state index in [-0.39, 0.29) is 0 Å². The summed E-state index contributed by atoms with van der Waals surface area (Å²) in [6, 6.07) is 7.54. The number of carbonyl (C=O) groups excluding carboxylic acids is 2. The molecule has 0 bridgehead atoms. The standard InChI is InChI=1S/C13H16N4O2S/c1-8-2-4-9(5-3-8)14-11(18)12(19)16-17-13(20)15-10-6-7-10/h2-5,10H,6-7H2,1H3,(H,14,18)(H,16,19)(H2,15,17,20). The quantitative estimate of drug-likeness (QED) is 0.364. The van der Waals surface area contributed by atoms with Gasteiger partial charge in [0.15, 0.2) is 5.11 Å². The zero-order valence-electron chi connectivity index (χ0n) is 11.0. The summed E-state index contributed by atoms with van der Waals surface area (Å²) >= 11 is 4.95. The van der Waals surface area contributed by atoms with Crippen LogP contribution in [0.1, 0.15) is 18.4 Å². The van der Waals surface area contributed by atoms with Crippen LogP contribution in [0.3, 0.4) is 0 Å². The highest BCUT2D eigenvalue weighted by molar-refractivity contribution is 7.80. The maximum Gasteiger partial charge on any atom is 0.328 e. The summed E-state index contributed by atoms with van der Waals surface area (Å²) in [4.78, 5) is 23.2. The third-order valence-corrected chi connectivity index (χ3v) is 2.94. The zero-order valence-corrected chi connectivity index (χ0v) is 11.8. The number of benzene rings is 1. The van der Waals surface area contributed by atoms with Gasteiger partial charge in [0, 0.05) is 11.7 Å². The molecule has 6 nitrogen and oxygen atoms in total. The maximum atomic E-state index is 11.6. The Labute approximate surface area is 122 Å². The van der Waals surface area contributed by atoms with Crippen LogP contribution >= 0.6 is 12.2 Å². The van der Waals surface area contributed by atoms with E-state index in [0.717, 1.165) is 18.4 Å². The highest BCUT2D eigenvalue weighted by Crippen LogP contribution is 2.18. The molecule has 0 spiro atoms. The van der Waals surface area contributed by atoms with Crippen molar-refractivity contribution in [3.05, 3.63) is 29.8 Å². The Morgan fingerprint density at radius 2 is 1.75 bits per heavy atom. The van der Waals surface area contributed by atoms with Crippen LogP contribution in [-0.2, 0) is 9.59 Å². The van der Waals surface area contributed by atoms with Crippen molar-refractivity contribution in [1.29, 1.82) is 0 Å². The maximum absolute atomic E-state index is 11.6. The number of amides is 2. The largest absolute Gasteiger partial charge is 0.359 e. The van der Waals surface area contributed by atoms with Gasteiger partial charge in [-0.15, -0.1) is 0 Å². The molecule has 0 atom stereocenters. The number of hydrazine groups is 1. The molecule has 0 aromatic heterocycles. The van der Waals surface area contributed by atoms with Gasteiger partial charge in [-0.2, -0.15) is 0 Å². The van der Waals surface area contributed by atoms with Crippen molar-refractivity contribution in [3.63, 3.8) is 0 Å². The molecular formula is C13H16N4O2S. The van der Waals surface area contributed by atoms with Crippen LogP contribution in [0, 0.1) is 6.92 Å². The van der Waals surface area contributed by atoms with Gasteiger partial charge in [0.2, 0.25) is 0 Å². The van der Waals surface area contributed by atoms with E-state index >= 15 is 0 Å². The summed E-state index contributed by atoms with van der Waals surface area (Å²) in [6.07, 6.45) is 2.15. The second-order valence-corrected chi connectivity index (χ2v) is 5.06. The van der Waals surface area contributed by atoms with Crippen LogP contribution in [0.25, 0.3) is 0 Å². The summed E-state index contributed by atoms with van der Waals surface area (Å²) < 4.78 is 0. The minimum atomic E-state index is -0.800. The molecule has 4 N–H and O–H groups in total. The van der Waals surface area contributed by atoms with E-state index < -0.39 is 11.8 Å². The number of hydrogen-bond donors (Lipinski definition) is 4. The molecule has 1 aliphatic carbocycles. The van der Waals surface area contributed by atoms with Gasteiger partial charge in [0.05, 0.1) is 0 Å². The first-order valence-electron chi connectivity index (χ1n) is 6.29. The molecule has 1 fully saturated rings. The predicted octanol–water partition coefficient (Wildman–Crippen LogP) is 0.591. The molecule has 2 amide bonds. The van der Waals surface area contributed by atoms with Gasteiger partial charge in [-0.05, 0) is 44.1 Å². The molecule has 20 heavy (non-hydrogen) atoms. The first-order valence-corrected chi connectivity index (χ1v) is 6.70. The highest BCUT2D eigenvalue weighted by Gasteiger charge is 2.22. The molecule has 0 unspecified atom stereocenters. The molecular weight excluding hydrogens is 276 g/mol. The number of hydrogen-bond acceptors (Lipinski definition) is 3. The second-order valence-electron chi connectivity index (χ2n) is 4.65. The lowest BCUT2D eigenvalue weighted by Crippen LogP contribution is -2.50. The van der Waals surface area contributed by atoms with E-state index in [1.807, 2.05) is 19.1 Å². The fourth-order valence-corrected chi connectivity index (χ4v) is 1.66. The minimum Gasteiger partial charge on any atom is -0.359 e. The lowest BCUT2D eigenvalue weighted by Gasteiger charge is -2.10. The van der Waals surface area contributed by atoms with Crippen LogP contribution < -0.4 is 21.5 Å². The summed E-state index contributed by atoms with van der Waals surface area (Å²) in [5.41, 5.74) is 6.37. The molecule has 1 aliphatic rings. The number of thiocarbonyl (C=S) groups is 1. The minimum absolute atomic E-state index is 0.309. The summed E-state index contributed by atoms with van der Waals surface area (Å²) in [7, 11) is 0. The Bertz CT molecular complexity index is 526. The van der Waals surface area contributed by atoms with Crippen LogP contribution in [0.5, 0.6) is 0 Å². The normalized spacial score (nSPS) is 13.2. The van der Waals surface area contributed by atoms with Gasteiger partial charge in [-0.3, -0.25) is 20.4 Å². The third kappa shape index (κ3) is 4.51. The van der Waals surface area contributed by atoms with Crippen molar-refractivity contribution in [2.75, 3.05) is 5.32 Å². The fourth-order valence-electron chi connectivity index (χ4n) is 1.44. The third-order valence-electron chi connectivity index (χ3n) is 2.72. The van der Waals surface area contributed by atoms with E-state index in [4.69, 9.17) is 12.2 Å². The Kier molecular flexibility index (Phi) is 4.52. The first-order chi connectivity index (χ1) is 9.54. The first kappa shape index (κ1) is 14.3. The molecule has 0 heterocycles. The number of rotatable bonds is 2. The topological polar surface area (TPSA) is 82.3 Å². The lowest BCUT2D eigenvalue weighted by atomic mass is 10.2. The molecule has 106 valence electrons. The fraction of sp³-hybridized carbons (Fsp3) is 0.308. The Hall–Kier alpha value is -2.15. The van der Waals surface area contributed by atoms with Crippen molar-refractivity contribution < 1.29 is 9.59 Å². The summed E-state index contributed by atoms with van der Waals surface area (Å²) in [6.45, 7) is 1.94. The van der Waals surface area contributed by atoms with Crippen LogP contribution in [-0.4, -0.2) is 23.0 Å². The van der Waals surface area contributed by atoms with Gasteiger partial charge < -0.3 is 10.6 Å². The van der Waals surface area contributed by atoms with Gasteiger partial charge in [-0.1, -0.05) is 17.7 Å². The van der Waals surface area contributed by atoms with E-state index in [9.17, 15) is 9.59 Å². The highest BCUT2D eigenvalue weighted by atomic mass is 32.1. The van der Waals surface area contributed by atoms with E-state index in [2.05, 4.69) is 21.5 Å². The van der Waals surface area contributed by atoms with Crippen molar-refractivity contribution in [2.45, 2.75) is 25.8 Å². The molecule has 0 aliphatic heterocycles. The summed E-state index contributed by atoms with van der Waals surface area (Å²) in [5.74, 6) is -1.55. The number of carbonyl (C=O) groups is 2. The molecule has 1 saturated carbocycles. The molecule has 2 rings (SSSR count). The van der Waals surface area contributed by atoms with Crippen LogP contribution in [0.2, 0.25) is 0 Å². The molecule has 0 radical (unpaired) electrons. The number of nitrogens with one attached hydrogen (secondary N) is 4. The van der Waals surface area contributed by atoms with Crippen molar-refractivity contribution in [2.24, 2.45) is 0 Å².